The molecule has 1 aromatic rings. The molecule has 0 heterocycles. The molecule has 0 aliphatic rings. The Morgan fingerprint density at radius 2 is 1.88 bits per heavy atom. The minimum absolute atomic E-state index is 0.00930. The number of esters is 1. The van der Waals surface area contributed by atoms with Crippen LogP contribution in [-0.4, -0.2) is 25.4 Å². The van der Waals surface area contributed by atoms with Crippen molar-refractivity contribution in [2.45, 2.75) is 13.0 Å². The first-order valence-electron chi connectivity index (χ1n) is 4.77. The molecule has 1 amide bonds. The summed E-state index contributed by atoms with van der Waals surface area (Å²) in [5.74, 6) is -1.80. The average molecular weight is 243 g/mol. The van der Waals surface area contributed by atoms with Gasteiger partial charge in [-0.2, -0.15) is 8.78 Å². The summed E-state index contributed by atoms with van der Waals surface area (Å²) >= 11 is 0. The SMILES string of the molecule is COC(=O)c1ccc(CNC(=O)C(F)F)cc1. The maximum absolute atomic E-state index is 11.9. The first kappa shape index (κ1) is 13.1. The Labute approximate surface area is 96.6 Å². The summed E-state index contributed by atoms with van der Waals surface area (Å²) in [5, 5.41) is 2.06. The average Bonchev–Trinajstić information content (AvgIpc) is 2.35. The molecule has 0 aliphatic carbocycles. The number of carbonyl (C=O) groups is 2. The van der Waals surface area contributed by atoms with Gasteiger partial charge in [0.25, 0.3) is 5.91 Å². The Morgan fingerprint density at radius 1 is 1.29 bits per heavy atom. The maximum atomic E-state index is 11.9. The van der Waals surface area contributed by atoms with Crippen LogP contribution in [0, 0.1) is 0 Å². The topological polar surface area (TPSA) is 55.4 Å². The molecule has 4 nitrogen and oxygen atoms in total. The molecule has 0 atom stereocenters. The number of amides is 1. The third kappa shape index (κ3) is 3.82. The Kier molecular flexibility index (Phi) is 4.56. The fourth-order valence-corrected chi connectivity index (χ4v) is 1.14. The highest BCUT2D eigenvalue weighted by Crippen LogP contribution is 2.05. The van der Waals surface area contributed by atoms with E-state index in [1.165, 1.54) is 19.2 Å². The summed E-state index contributed by atoms with van der Waals surface area (Å²) in [4.78, 5) is 21.7. The highest BCUT2D eigenvalue weighted by Gasteiger charge is 2.14. The van der Waals surface area contributed by atoms with Gasteiger partial charge in [0.2, 0.25) is 0 Å². The first-order valence-corrected chi connectivity index (χ1v) is 4.77. The Balaban J connectivity index is 2.57. The fraction of sp³-hybridized carbons (Fsp3) is 0.273. The van der Waals surface area contributed by atoms with Gasteiger partial charge in [0.05, 0.1) is 12.7 Å². The number of ether oxygens (including phenoxy) is 1. The van der Waals surface area contributed by atoms with Crippen LogP contribution in [0.4, 0.5) is 8.78 Å². The lowest BCUT2D eigenvalue weighted by Gasteiger charge is -2.05. The standard InChI is InChI=1S/C11H11F2NO3/c1-17-11(16)8-4-2-7(3-5-8)6-14-10(15)9(12)13/h2-5,9H,6H2,1H3,(H,14,15). The van der Waals surface area contributed by atoms with Crippen LogP contribution in [0.5, 0.6) is 0 Å². The van der Waals surface area contributed by atoms with Crippen LogP contribution in [0.15, 0.2) is 24.3 Å². The largest absolute Gasteiger partial charge is 0.465 e. The van der Waals surface area contributed by atoms with Gasteiger partial charge >= 0.3 is 12.4 Å². The highest BCUT2D eigenvalue weighted by molar-refractivity contribution is 5.89. The Bertz CT molecular complexity index is 404. The van der Waals surface area contributed by atoms with Crippen molar-refractivity contribution in [2.24, 2.45) is 0 Å². The third-order valence-corrected chi connectivity index (χ3v) is 2.04. The minimum Gasteiger partial charge on any atom is -0.465 e. The number of benzene rings is 1. The van der Waals surface area contributed by atoms with E-state index >= 15 is 0 Å². The van der Waals surface area contributed by atoms with E-state index < -0.39 is 18.3 Å². The number of hydrogen-bond donors (Lipinski definition) is 1. The van der Waals surface area contributed by atoms with Crippen molar-refractivity contribution in [1.29, 1.82) is 0 Å². The predicted octanol–water partition coefficient (Wildman–Crippen LogP) is 1.35. The molecule has 0 saturated carbocycles. The number of methoxy groups -OCH3 is 1. The zero-order valence-electron chi connectivity index (χ0n) is 9.07. The molecule has 92 valence electrons. The number of alkyl halides is 2. The number of rotatable bonds is 4. The molecule has 1 N–H and O–H groups in total. The van der Waals surface area contributed by atoms with Crippen LogP contribution in [-0.2, 0) is 16.1 Å². The third-order valence-electron chi connectivity index (χ3n) is 2.04. The zero-order valence-corrected chi connectivity index (χ0v) is 9.07. The van der Waals surface area contributed by atoms with Crippen molar-refractivity contribution in [2.75, 3.05) is 7.11 Å². The second-order valence-corrected chi connectivity index (χ2v) is 3.21. The van der Waals surface area contributed by atoms with Gasteiger partial charge in [0, 0.05) is 6.54 Å². The van der Waals surface area contributed by atoms with Crippen LogP contribution >= 0.6 is 0 Å². The van der Waals surface area contributed by atoms with E-state index in [9.17, 15) is 18.4 Å². The van der Waals surface area contributed by atoms with Crippen molar-refractivity contribution in [3.05, 3.63) is 35.4 Å². The lowest BCUT2D eigenvalue weighted by atomic mass is 10.1. The van der Waals surface area contributed by atoms with E-state index in [2.05, 4.69) is 10.1 Å². The summed E-state index contributed by atoms with van der Waals surface area (Å²) in [6.07, 6.45) is -3.02. The summed E-state index contributed by atoms with van der Waals surface area (Å²) < 4.78 is 28.2. The normalized spacial score (nSPS) is 10.1. The van der Waals surface area contributed by atoms with E-state index in [-0.39, 0.29) is 6.54 Å². The van der Waals surface area contributed by atoms with Crippen molar-refractivity contribution in [3.63, 3.8) is 0 Å². The molecule has 0 fully saturated rings. The van der Waals surface area contributed by atoms with Gasteiger partial charge in [-0.15, -0.1) is 0 Å². The van der Waals surface area contributed by atoms with E-state index in [1.54, 1.807) is 12.1 Å². The van der Waals surface area contributed by atoms with E-state index in [4.69, 9.17) is 0 Å². The van der Waals surface area contributed by atoms with E-state index in [1.807, 2.05) is 0 Å². The van der Waals surface area contributed by atoms with Crippen molar-refractivity contribution < 1.29 is 23.1 Å². The molecule has 6 heteroatoms. The molecule has 17 heavy (non-hydrogen) atoms. The lowest BCUT2D eigenvalue weighted by molar-refractivity contribution is -0.131. The monoisotopic (exact) mass is 243 g/mol. The van der Waals surface area contributed by atoms with Crippen molar-refractivity contribution >= 4 is 11.9 Å². The van der Waals surface area contributed by atoms with Gasteiger partial charge in [-0.3, -0.25) is 4.79 Å². The van der Waals surface area contributed by atoms with Gasteiger partial charge in [-0.25, -0.2) is 4.79 Å². The number of carbonyl (C=O) groups excluding carboxylic acids is 2. The molecular weight excluding hydrogens is 232 g/mol. The maximum Gasteiger partial charge on any atom is 0.337 e. The van der Waals surface area contributed by atoms with Crippen molar-refractivity contribution in [3.8, 4) is 0 Å². The zero-order chi connectivity index (χ0) is 12.8. The number of halogens is 2. The van der Waals surface area contributed by atoms with Gasteiger partial charge in [-0.1, -0.05) is 12.1 Å². The van der Waals surface area contributed by atoms with Gasteiger partial charge in [-0.05, 0) is 17.7 Å². The molecule has 1 aromatic carbocycles. The second-order valence-electron chi connectivity index (χ2n) is 3.21. The summed E-state index contributed by atoms with van der Waals surface area (Å²) in [7, 11) is 1.26. The van der Waals surface area contributed by atoms with Gasteiger partial charge in [0.1, 0.15) is 0 Å². The molecule has 0 bridgehead atoms. The lowest BCUT2D eigenvalue weighted by Crippen LogP contribution is -2.28. The molecule has 0 radical (unpaired) electrons. The second kappa shape index (κ2) is 5.93. The molecular formula is C11H11F2NO3. The molecule has 0 spiro atoms. The quantitative estimate of drug-likeness (QED) is 0.812. The highest BCUT2D eigenvalue weighted by atomic mass is 19.3. The van der Waals surface area contributed by atoms with E-state index in [0.29, 0.717) is 11.1 Å². The summed E-state index contributed by atoms with van der Waals surface area (Å²) in [6.45, 7) is -0.00930. The van der Waals surface area contributed by atoms with E-state index in [0.717, 1.165) is 0 Å². The summed E-state index contributed by atoms with van der Waals surface area (Å²) in [6, 6.07) is 6.10. The Morgan fingerprint density at radius 3 is 2.35 bits per heavy atom. The predicted molar refractivity (Wildman–Crippen MR) is 55.6 cm³/mol. The van der Waals surface area contributed by atoms with Crippen LogP contribution in [0.3, 0.4) is 0 Å². The smallest absolute Gasteiger partial charge is 0.337 e. The first-order chi connectivity index (χ1) is 8.04. The van der Waals surface area contributed by atoms with Crippen LogP contribution in [0.25, 0.3) is 0 Å². The molecule has 0 aliphatic heterocycles. The van der Waals surface area contributed by atoms with Crippen LogP contribution in [0.1, 0.15) is 15.9 Å². The van der Waals surface area contributed by atoms with Gasteiger partial charge < -0.3 is 10.1 Å². The van der Waals surface area contributed by atoms with Crippen LogP contribution in [0.2, 0.25) is 0 Å². The number of hydrogen-bond acceptors (Lipinski definition) is 3. The summed E-state index contributed by atoms with van der Waals surface area (Å²) in [5.41, 5.74) is 0.975. The molecule has 0 unspecified atom stereocenters. The van der Waals surface area contributed by atoms with Gasteiger partial charge in [0.15, 0.2) is 0 Å². The Hall–Kier alpha value is -1.98. The number of nitrogens with one attached hydrogen (secondary N) is 1. The minimum atomic E-state index is -3.02. The molecule has 0 aromatic heterocycles. The molecule has 0 saturated heterocycles. The fourth-order valence-electron chi connectivity index (χ4n) is 1.14. The molecule has 1 rings (SSSR count). The van der Waals surface area contributed by atoms with Crippen LogP contribution < -0.4 is 5.32 Å². The van der Waals surface area contributed by atoms with Crippen molar-refractivity contribution in [1.82, 2.24) is 5.32 Å².